The van der Waals surface area contributed by atoms with Crippen LogP contribution in [0.2, 0.25) is 0 Å². The van der Waals surface area contributed by atoms with Crippen molar-refractivity contribution in [1.29, 1.82) is 0 Å². The molecule has 2 heterocycles. The molecule has 6 nitrogen and oxygen atoms in total. The second kappa shape index (κ2) is 5.78. The van der Waals surface area contributed by atoms with Gasteiger partial charge in [0.25, 0.3) is 0 Å². The van der Waals surface area contributed by atoms with Crippen LogP contribution in [0.25, 0.3) is 0 Å². The van der Waals surface area contributed by atoms with Gasteiger partial charge in [-0.2, -0.15) is 4.37 Å². The minimum Gasteiger partial charge on any atom is -0.409 e. The van der Waals surface area contributed by atoms with E-state index in [0.29, 0.717) is 5.69 Å². The monoisotopic (exact) mass is 281 g/mol. The summed E-state index contributed by atoms with van der Waals surface area (Å²) in [4.78, 5) is 9.23. The van der Waals surface area contributed by atoms with Crippen molar-refractivity contribution in [1.82, 2.24) is 14.3 Å². The van der Waals surface area contributed by atoms with Crippen LogP contribution in [0.1, 0.15) is 18.4 Å². The number of pyridine rings is 1. The average molecular weight is 281 g/mol. The van der Waals surface area contributed by atoms with Gasteiger partial charge in [-0.05, 0) is 23.7 Å². The van der Waals surface area contributed by atoms with Gasteiger partial charge in [0.1, 0.15) is 11.5 Å². The molecule has 0 radical (unpaired) electrons. The van der Waals surface area contributed by atoms with Gasteiger partial charge < -0.3 is 10.9 Å². The van der Waals surface area contributed by atoms with Crippen molar-refractivity contribution in [3.05, 3.63) is 29.8 Å². The number of rotatable bonds is 4. The summed E-state index contributed by atoms with van der Waals surface area (Å²) in [5.41, 5.74) is 6.01. The zero-order valence-electron chi connectivity index (χ0n) is 9.57. The molecule has 0 saturated heterocycles. The van der Waals surface area contributed by atoms with Gasteiger partial charge in [0.2, 0.25) is 0 Å². The first-order valence-corrected chi connectivity index (χ1v) is 6.77. The minimum absolute atomic E-state index is 0.0154. The molecule has 0 aliphatic heterocycles. The summed E-state index contributed by atoms with van der Waals surface area (Å²) in [6.07, 6.45) is 2.40. The number of amidine groups is 1. The number of nitrogens with zero attached hydrogens (tertiary/aromatic N) is 4. The van der Waals surface area contributed by atoms with Gasteiger partial charge in [0.15, 0.2) is 10.2 Å². The fraction of sp³-hybridized carbons (Fsp3) is 0.200. The van der Waals surface area contributed by atoms with Crippen LogP contribution >= 0.6 is 23.3 Å². The van der Waals surface area contributed by atoms with Crippen LogP contribution in [0, 0.1) is 0 Å². The molecule has 0 bridgehead atoms. The lowest BCUT2D eigenvalue weighted by Gasteiger charge is -2.03. The molecule has 0 aliphatic rings. The van der Waals surface area contributed by atoms with Crippen LogP contribution < -0.4 is 5.73 Å². The highest BCUT2D eigenvalue weighted by Gasteiger charge is 2.12. The summed E-state index contributed by atoms with van der Waals surface area (Å²) < 4.78 is 5.02. The quantitative estimate of drug-likeness (QED) is 0.383. The minimum atomic E-state index is -0.0154. The topological polar surface area (TPSA) is 97.3 Å². The lowest BCUT2D eigenvalue weighted by atomic mass is 10.3. The Hall–Kier alpha value is -1.67. The van der Waals surface area contributed by atoms with E-state index < -0.39 is 0 Å². The maximum Gasteiger partial charge on any atom is 0.189 e. The molecular weight excluding hydrogens is 270 g/mol. The van der Waals surface area contributed by atoms with Crippen molar-refractivity contribution in [2.45, 2.75) is 22.6 Å². The first-order valence-electron chi connectivity index (χ1n) is 5.18. The highest BCUT2D eigenvalue weighted by Crippen LogP contribution is 2.30. The standard InChI is InChI=1S/C10H11N5OS2/c1-2-7-13-10(18-15-7)17-6-4-3-5-12-8(6)9(11)14-16/h3-5,16H,2H2,1H3,(H2,11,14). The summed E-state index contributed by atoms with van der Waals surface area (Å²) in [6.45, 7) is 2.00. The molecule has 0 unspecified atom stereocenters. The smallest absolute Gasteiger partial charge is 0.189 e. The molecule has 2 rings (SSSR count). The van der Waals surface area contributed by atoms with Gasteiger partial charge in [-0.3, -0.25) is 4.98 Å². The molecule has 8 heteroatoms. The van der Waals surface area contributed by atoms with E-state index in [1.807, 2.05) is 13.0 Å². The Kier molecular flexibility index (Phi) is 4.11. The van der Waals surface area contributed by atoms with Crippen molar-refractivity contribution in [3.8, 4) is 0 Å². The van der Waals surface area contributed by atoms with Gasteiger partial charge in [0.05, 0.1) is 0 Å². The van der Waals surface area contributed by atoms with Crippen molar-refractivity contribution in [2.75, 3.05) is 0 Å². The molecule has 2 aromatic heterocycles. The Morgan fingerprint density at radius 1 is 1.61 bits per heavy atom. The van der Waals surface area contributed by atoms with E-state index in [1.165, 1.54) is 23.3 Å². The number of aryl methyl sites for hydroxylation is 1. The fourth-order valence-corrected chi connectivity index (χ4v) is 3.00. The van der Waals surface area contributed by atoms with Crippen LogP contribution in [0.4, 0.5) is 0 Å². The Morgan fingerprint density at radius 3 is 3.11 bits per heavy atom. The Labute approximate surface area is 112 Å². The largest absolute Gasteiger partial charge is 0.409 e. The third-order valence-electron chi connectivity index (χ3n) is 2.08. The van der Waals surface area contributed by atoms with Crippen molar-refractivity contribution in [2.24, 2.45) is 10.9 Å². The summed E-state index contributed by atoms with van der Waals surface area (Å²) in [6, 6.07) is 3.64. The number of aromatic nitrogens is 3. The molecule has 18 heavy (non-hydrogen) atoms. The number of hydrogen-bond acceptors (Lipinski definition) is 7. The number of nitrogens with two attached hydrogens (primary N) is 1. The summed E-state index contributed by atoms with van der Waals surface area (Å²) in [5, 5.41) is 11.7. The van der Waals surface area contributed by atoms with Crippen molar-refractivity contribution >= 4 is 29.1 Å². The van der Waals surface area contributed by atoms with Crippen molar-refractivity contribution in [3.63, 3.8) is 0 Å². The van der Waals surface area contributed by atoms with Crippen LogP contribution in [0.5, 0.6) is 0 Å². The lowest BCUT2D eigenvalue weighted by Crippen LogP contribution is -2.15. The fourth-order valence-electron chi connectivity index (χ4n) is 1.23. The molecule has 0 atom stereocenters. The second-order valence-corrected chi connectivity index (χ2v) is 5.31. The van der Waals surface area contributed by atoms with E-state index in [-0.39, 0.29) is 5.84 Å². The maximum atomic E-state index is 8.71. The van der Waals surface area contributed by atoms with Crippen LogP contribution in [-0.4, -0.2) is 25.4 Å². The molecular formula is C10H11N5OS2. The molecule has 0 fully saturated rings. The van der Waals surface area contributed by atoms with Crippen molar-refractivity contribution < 1.29 is 5.21 Å². The summed E-state index contributed by atoms with van der Waals surface area (Å²) >= 11 is 2.73. The van der Waals surface area contributed by atoms with E-state index in [2.05, 4.69) is 19.5 Å². The molecule has 0 aromatic carbocycles. The van der Waals surface area contributed by atoms with E-state index in [4.69, 9.17) is 10.9 Å². The third kappa shape index (κ3) is 2.77. The highest BCUT2D eigenvalue weighted by atomic mass is 32.2. The normalized spacial score (nSPS) is 11.7. The zero-order chi connectivity index (χ0) is 13.0. The lowest BCUT2D eigenvalue weighted by molar-refractivity contribution is 0.318. The predicted octanol–water partition coefficient (Wildman–Crippen LogP) is 1.74. The molecule has 2 aromatic rings. The zero-order valence-corrected chi connectivity index (χ0v) is 11.2. The van der Waals surface area contributed by atoms with Gasteiger partial charge in [-0.25, -0.2) is 4.98 Å². The van der Waals surface area contributed by atoms with E-state index >= 15 is 0 Å². The molecule has 0 saturated carbocycles. The SMILES string of the molecule is CCc1nsc(Sc2cccnc2/C(N)=N/O)n1. The molecule has 0 spiro atoms. The summed E-state index contributed by atoms with van der Waals surface area (Å²) in [7, 11) is 0. The van der Waals surface area contributed by atoms with E-state index in [9.17, 15) is 0 Å². The predicted molar refractivity (Wildman–Crippen MR) is 70.2 cm³/mol. The summed E-state index contributed by atoms with van der Waals surface area (Å²) in [5.74, 6) is 0.801. The van der Waals surface area contributed by atoms with Gasteiger partial charge >= 0.3 is 0 Å². The third-order valence-corrected chi connectivity index (χ3v) is 3.92. The van der Waals surface area contributed by atoms with Crippen LogP contribution in [0.15, 0.2) is 32.7 Å². The Morgan fingerprint density at radius 2 is 2.44 bits per heavy atom. The van der Waals surface area contributed by atoms with E-state index in [1.54, 1.807) is 12.3 Å². The van der Waals surface area contributed by atoms with Crippen LogP contribution in [-0.2, 0) is 6.42 Å². The van der Waals surface area contributed by atoms with Gasteiger partial charge in [-0.1, -0.05) is 23.8 Å². The van der Waals surface area contributed by atoms with Crippen LogP contribution in [0.3, 0.4) is 0 Å². The van der Waals surface area contributed by atoms with Gasteiger partial charge in [0, 0.05) is 17.5 Å². The first-order chi connectivity index (χ1) is 8.74. The number of hydrogen-bond donors (Lipinski definition) is 2. The molecule has 0 aliphatic carbocycles. The molecule has 94 valence electrons. The first kappa shape index (κ1) is 12.8. The maximum absolute atomic E-state index is 8.71. The molecule has 0 amide bonds. The number of oxime groups is 1. The highest BCUT2D eigenvalue weighted by molar-refractivity contribution is 8.01. The van der Waals surface area contributed by atoms with Gasteiger partial charge in [-0.15, -0.1) is 0 Å². The Bertz CT molecular complexity index is 569. The second-order valence-electron chi connectivity index (χ2n) is 3.27. The Balaban J connectivity index is 2.28. The molecule has 3 N–H and O–H groups in total. The average Bonchev–Trinajstić information content (AvgIpc) is 2.86. The van der Waals surface area contributed by atoms with E-state index in [0.717, 1.165) is 21.5 Å².